The lowest BCUT2D eigenvalue weighted by Gasteiger charge is -2.15. The number of rotatable bonds is 3. The van der Waals surface area contributed by atoms with Crippen molar-refractivity contribution in [3.63, 3.8) is 0 Å². The number of hydrogen-bond donors (Lipinski definition) is 2. The third-order valence-corrected chi connectivity index (χ3v) is 3.56. The predicted octanol–water partition coefficient (Wildman–Crippen LogP) is 0.338. The number of ether oxygens (including phenoxy) is 3. The van der Waals surface area contributed by atoms with Gasteiger partial charge in [-0.05, 0) is 17.7 Å². The Balaban J connectivity index is 2.02. The number of carboxylic acid groups (broad SMARTS) is 1. The Morgan fingerprint density at radius 1 is 1.45 bits per heavy atom. The van der Waals surface area contributed by atoms with Gasteiger partial charge in [-0.3, -0.25) is 9.59 Å². The summed E-state index contributed by atoms with van der Waals surface area (Å²) in [5.74, 6) is -1.69. The van der Waals surface area contributed by atoms with Crippen molar-refractivity contribution in [2.24, 2.45) is 5.92 Å². The van der Waals surface area contributed by atoms with E-state index in [2.05, 4.69) is 5.32 Å². The topological polar surface area (TPSA) is 94.1 Å². The third-order valence-electron chi connectivity index (χ3n) is 3.56. The number of carboxylic acids is 1. The summed E-state index contributed by atoms with van der Waals surface area (Å²) in [6.45, 7) is 0.373. The van der Waals surface area contributed by atoms with Crippen molar-refractivity contribution in [3.05, 3.63) is 17.7 Å². The number of amides is 1. The van der Waals surface area contributed by atoms with Gasteiger partial charge in [0, 0.05) is 12.5 Å². The molecule has 0 saturated carbocycles. The molecule has 106 valence electrons. The van der Waals surface area contributed by atoms with Gasteiger partial charge in [-0.1, -0.05) is 0 Å². The van der Waals surface area contributed by atoms with Crippen LogP contribution in [0.25, 0.3) is 0 Å². The minimum atomic E-state index is -1.14. The first-order valence-corrected chi connectivity index (χ1v) is 6.10. The molecule has 1 aromatic carbocycles. The second kappa shape index (κ2) is 4.59. The normalized spacial score (nSPS) is 23.6. The van der Waals surface area contributed by atoms with E-state index < -0.39 is 23.7 Å². The zero-order chi connectivity index (χ0) is 14.3. The van der Waals surface area contributed by atoms with E-state index in [1.807, 2.05) is 0 Å². The Bertz CT molecular complexity index is 584. The van der Waals surface area contributed by atoms with Crippen molar-refractivity contribution >= 4 is 11.9 Å². The van der Waals surface area contributed by atoms with Crippen LogP contribution in [0.5, 0.6) is 17.2 Å². The van der Waals surface area contributed by atoms with Crippen LogP contribution in [0.1, 0.15) is 11.5 Å². The molecule has 1 amide bonds. The molecule has 2 aliphatic rings. The lowest BCUT2D eigenvalue weighted by Crippen LogP contribution is -2.26. The van der Waals surface area contributed by atoms with Crippen LogP contribution in [0.2, 0.25) is 0 Å². The number of hydrogen-bond acceptors (Lipinski definition) is 5. The van der Waals surface area contributed by atoms with Gasteiger partial charge in [0.05, 0.1) is 7.11 Å². The molecule has 20 heavy (non-hydrogen) atoms. The van der Waals surface area contributed by atoms with E-state index in [1.165, 1.54) is 7.11 Å². The molecule has 1 aromatic rings. The minimum absolute atomic E-state index is 0.0966. The number of benzene rings is 1. The molecule has 3 rings (SSSR count). The van der Waals surface area contributed by atoms with Crippen molar-refractivity contribution in [2.75, 3.05) is 20.4 Å². The van der Waals surface area contributed by atoms with Gasteiger partial charge in [0.25, 0.3) is 0 Å². The summed E-state index contributed by atoms with van der Waals surface area (Å²) in [4.78, 5) is 22.8. The molecule has 7 nitrogen and oxygen atoms in total. The summed E-state index contributed by atoms with van der Waals surface area (Å²) >= 11 is 0. The van der Waals surface area contributed by atoms with Crippen molar-refractivity contribution < 1.29 is 28.9 Å². The van der Waals surface area contributed by atoms with Crippen LogP contribution in [0, 0.1) is 5.92 Å². The van der Waals surface area contributed by atoms with Gasteiger partial charge >= 0.3 is 5.97 Å². The van der Waals surface area contributed by atoms with E-state index in [4.69, 9.17) is 14.2 Å². The van der Waals surface area contributed by atoms with Crippen molar-refractivity contribution in [1.29, 1.82) is 0 Å². The van der Waals surface area contributed by atoms with Crippen LogP contribution in [0.15, 0.2) is 12.1 Å². The lowest BCUT2D eigenvalue weighted by molar-refractivity contribution is -0.145. The predicted molar refractivity (Wildman–Crippen MR) is 66.0 cm³/mol. The summed E-state index contributed by atoms with van der Waals surface area (Å²) in [5, 5.41) is 11.8. The highest BCUT2D eigenvalue weighted by Gasteiger charge is 2.42. The summed E-state index contributed by atoms with van der Waals surface area (Å²) < 4.78 is 15.8. The Morgan fingerprint density at radius 3 is 2.95 bits per heavy atom. The maximum absolute atomic E-state index is 11.6. The summed E-state index contributed by atoms with van der Waals surface area (Å²) in [5.41, 5.74) is 0.678. The molecule has 0 bridgehead atoms. The van der Waals surface area contributed by atoms with Crippen molar-refractivity contribution in [1.82, 2.24) is 5.32 Å². The van der Waals surface area contributed by atoms with Gasteiger partial charge in [-0.2, -0.15) is 0 Å². The summed E-state index contributed by atoms with van der Waals surface area (Å²) in [7, 11) is 1.49. The van der Waals surface area contributed by atoms with E-state index in [-0.39, 0.29) is 13.3 Å². The van der Waals surface area contributed by atoms with E-state index in [1.54, 1.807) is 12.1 Å². The van der Waals surface area contributed by atoms with Gasteiger partial charge in [0.1, 0.15) is 5.92 Å². The smallest absolute Gasteiger partial charge is 0.316 e. The number of carbonyl (C=O) groups excluding carboxylic acids is 1. The fourth-order valence-electron chi connectivity index (χ4n) is 2.58. The quantitative estimate of drug-likeness (QED) is 0.775. The lowest BCUT2D eigenvalue weighted by atomic mass is 9.88. The minimum Gasteiger partial charge on any atom is -0.493 e. The first kappa shape index (κ1) is 12.6. The molecule has 1 fully saturated rings. The molecule has 0 spiro atoms. The average Bonchev–Trinajstić information content (AvgIpc) is 3.03. The highest BCUT2D eigenvalue weighted by molar-refractivity contribution is 6.00. The maximum atomic E-state index is 11.6. The van der Waals surface area contributed by atoms with Crippen LogP contribution in [-0.4, -0.2) is 37.4 Å². The van der Waals surface area contributed by atoms with Gasteiger partial charge in [0.15, 0.2) is 11.5 Å². The zero-order valence-electron chi connectivity index (χ0n) is 10.7. The number of nitrogens with one attached hydrogen (secondary N) is 1. The van der Waals surface area contributed by atoms with E-state index in [0.717, 1.165) is 0 Å². The van der Waals surface area contributed by atoms with Crippen LogP contribution >= 0.6 is 0 Å². The second-order valence-electron chi connectivity index (χ2n) is 4.62. The molecule has 0 aromatic heterocycles. The molecule has 0 unspecified atom stereocenters. The monoisotopic (exact) mass is 279 g/mol. The second-order valence-corrected chi connectivity index (χ2v) is 4.62. The van der Waals surface area contributed by atoms with Gasteiger partial charge in [-0.25, -0.2) is 0 Å². The fraction of sp³-hybridized carbons (Fsp3) is 0.385. The number of aliphatic carboxylic acids is 1. The molecule has 0 radical (unpaired) electrons. The van der Waals surface area contributed by atoms with Gasteiger partial charge < -0.3 is 24.6 Å². The summed E-state index contributed by atoms with van der Waals surface area (Å²) in [6, 6.07) is 3.39. The molecular formula is C13H13NO6. The highest BCUT2D eigenvalue weighted by Crippen LogP contribution is 2.44. The molecule has 2 N–H and O–H groups in total. The first-order valence-electron chi connectivity index (χ1n) is 6.10. The van der Waals surface area contributed by atoms with Crippen LogP contribution in [0.3, 0.4) is 0 Å². The third kappa shape index (κ3) is 1.82. The van der Waals surface area contributed by atoms with Gasteiger partial charge in [0.2, 0.25) is 18.4 Å². The largest absolute Gasteiger partial charge is 0.493 e. The Morgan fingerprint density at radius 2 is 2.25 bits per heavy atom. The maximum Gasteiger partial charge on any atom is 0.316 e. The van der Waals surface area contributed by atoms with Crippen molar-refractivity contribution in [3.8, 4) is 17.2 Å². The van der Waals surface area contributed by atoms with Crippen LogP contribution in [0.4, 0.5) is 0 Å². The molecule has 7 heteroatoms. The van der Waals surface area contributed by atoms with E-state index >= 15 is 0 Å². The van der Waals surface area contributed by atoms with E-state index in [0.29, 0.717) is 22.8 Å². The summed E-state index contributed by atoms with van der Waals surface area (Å²) in [6.07, 6.45) is 0. The average molecular weight is 279 g/mol. The first-order chi connectivity index (χ1) is 9.61. The Labute approximate surface area is 114 Å². The molecule has 2 atom stereocenters. The Kier molecular flexibility index (Phi) is 2.89. The number of methoxy groups -OCH3 is 1. The fourth-order valence-corrected chi connectivity index (χ4v) is 2.58. The van der Waals surface area contributed by atoms with Crippen LogP contribution in [-0.2, 0) is 9.59 Å². The zero-order valence-corrected chi connectivity index (χ0v) is 10.7. The molecular weight excluding hydrogens is 266 g/mol. The molecule has 1 saturated heterocycles. The molecule has 0 aliphatic carbocycles. The van der Waals surface area contributed by atoms with Gasteiger partial charge in [-0.15, -0.1) is 0 Å². The van der Waals surface area contributed by atoms with E-state index in [9.17, 15) is 14.7 Å². The van der Waals surface area contributed by atoms with Crippen LogP contribution < -0.4 is 19.5 Å². The number of fused-ring (bicyclic) bond motifs is 1. The highest BCUT2D eigenvalue weighted by atomic mass is 16.7. The van der Waals surface area contributed by atoms with Crippen molar-refractivity contribution in [2.45, 2.75) is 5.92 Å². The Hall–Kier alpha value is -2.44. The number of carbonyl (C=O) groups is 2. The standard InChI is InChI=1S/C13H13NO6/c1-18-8-2-6(3-9-11(8)20-5-19-9)7-4-14-12(15)10(7)13(16)17/h2-3,7,10H,4-5H2,1H3,(H,14,15)(H,16,17)/t7-,10+/m1/s1. The molecule has 2 aliphatic heterocycles. The SMILES string of the molecule is COc1cc([C@H]2CNC(=O)[C@H]2C(=O)O)cc2c1OCO2. The molecule has 2 heterocycles.